The second-order valence-corrected chi connectivity index (χ2v) is 6.14. The van der Waals surface area contributed by atoms with Crippen molar-refractivity contribution >= 4 is 17.5 Å². The molecule has 1 aromatic carbocycles. The van der Waals surface area contributed by atoms with E-state index in [0.29, 0.717) is 28.5 Å². The number of nitrogens with one attached hydrogen (secondary N) is 1. The minimum Gasteiger partial charge on any atom is -0.416 e. The van der Waals surface area contributed by atoms with E-state index < -0.39 is 6.61 Å². The van der Waals surface area contributed by atoms with E-state index in [9.17, 15) is 8.78 Å². The van der Waals surface area contributed by atoms with E-state index >= 15 is 0 Å². The normalized spacial score (nSPS) is 10.9. The third kappa shape index (κ3) is 5.10. The molecule has 0 amide bonds. The molecule has 5 nitrogen and oxygen atoms in total. The van der Waals surface area contributed by atoms with Crippen molar-refractivity contribution in [1.82, 2.24) is 15.0 Å². The highest BCUT2D eigenvalue weighted by atomic mass is 35.5. The summed E-state index contributed by atoms with van der Waals surface area (Å²) in [5, 5.41) is 3.52. The van der Waals surface area contributed by atoms with Gasteiger partial charge in [-0.3, -0.25) is 0 Å². The van der Waals surface area contributed by atoms with Gasteiger partial charge in [-0.25, -0.2) is 15.0 Å². The molecule has 3 rings (SSSR count). The van der Waals surface area contributed by atoms with Crippen LogP contribution in [0.2, 0.25) is 5.02 Å². The summed E-state index contributed by atoms with van der Waals surface area (Å²) >= 11 is 6.03. The summed E-state index contributed by atoms with van der Waals surface area (Å²) in [7, 11) is 0. The Balaban J connectivity index is 1.91. The van der Waals surface area contributed by atoms with E-state index in [1.54, 1.807) is 42.7 Å². The Hall–Kier alpha value is -2.80. The molecule has 0 fully saturated rings. The molecule has 0 atom stereocenters. The van der Waals surface area contributed by atoms with Crippen LogP contribution < -0.4 is 10.1 Å². The number of anilines is 1. The zero-order valence-corrected chi connectivity index (χ0v) is 15.3. The second kappa shape index (κ2) is 8.73. The fraction of sp³-hybridized carbons (Fsp3) is 0.211. The number of alkyl halides is 2. The zero-order valence-electron chi connectivity index (χ0n) is 14.5. The molecule has 0 saturated carbocycles. The highest BCUT2D eigenvalue weighted by Crippen LogP contribution is 2.32. The van der Waals surface area contributed by atoms with Crippen LogP contribution in [0.5, 0.6) is 5.88 Å². The summed E-state index contributed by atoms with van der Waals surface area (Å²) in [4.78, 5) is 12.5. The average molecular weight is 391 g/mol. The summed E-state index contributed by atoms with van der Waals surface area (Å²) in [6.45, 7) is -0.269. The van der Waals surface area contributed by atoms with Crippen molar-refractivity contribution in [3.05, 3.63) is 65.1 Å². The Morgan fingerprint density at radius 2 is 1.81 bits per heavy atom. The Morgan fingerprint density at radius 3 is 2.48 bits per heavy atom. The van der Waals surface area contributed by atoms with Crippen LogP contribution in [0.1, 0.15) is 18.1 Å². The molecule has 0 unspecified atom stereocenters. The molecule has 0 aliphatic carbocycles. The minimum absolute atomic E-state index is 0.144. The zero-order chi connectivity index (χ0) is 19.2. The van der Waals surface area contributed by atoms with E-state index in [1.165, 1.54) is 6.20 Å². The fourth-order valence-corrected chi connectivity index (χ4v) is 2.75. The van der Waals surface area contributed by atoms with E-state index in [4.69, 9.17) is 11.6 Å². The van der Waals surface area contributed by atoms with Gasteiger partial charge in [-0.1, -0.05) is 23.7 Å². The van der Waals surface area contributed by atoms with Gasteiger partial charge in [0.1, 0.15) is 0 Å². The number of aromatic nitrogens is 3. The lowest BCUT2D eigenvalue weighted by molar-refractivity contribution is -0.0524. The Bertz CT molecular complexity index is 906. The lowest BCUT2D eigenvalue weighted by Gasteiger charge is -2.12. The van der Waals surface area contributed by atoms with Gasteiger partial charge in [-0.2, -0.15) is 8.78 Å². The molecule has 0 aliphatic heterocycles. The average Bonchev–Trinajstić information content (AvgIpc) is 2.64. The number of hydrogen-bond donors (Lipinski definition) is 1. The monoisotopic (exact) mass is 390 g/mol. The first-order valence-corrected chi connectivity index (χ1v) is 8.67. The van der Waals surface area contributed by atoms with Gasteiger partial charge < -0.3 is 10.1 Å². The van der Waals surface area contributed by atoms with Gasteiger partial charge in [0.2, 0.25) is 11.8 Å². The molecule has 140 valence electrons. The molecule has 0 saturated heterocycles. The largest absolute Gasteiger partial charge is 0.416 e. The number of hydrogen-bond acceptors (Lipinski definition) is 5. The van der Waals surface area contributed by atoms with Gasteiger partial charge in [0.15, 0.2) is 0 Å². The van der Waals surface area contributed by atoms with Crippen LogP contribution in [0.15, 0.2) is 48.9 Å². The predicted molar refractivity (Wildman–Crippen MR) is 100 cm³/mol. The summed E-state index contributed by atoms with van der Waals surface area (Å²) < 4.78 is 30.0. The van der Waals surface area contributed by atoms with Crippen molar-refractivity contribution in [2.75, 3.05) is 11.9 Å². The first kappa shape index (κ1) is 19.0. The standard InChI is InChI=1S/C19H17ClF2N4O/c1-2-23-19-25-10-13(11-26-19)6-12-7-16(14-4-3-5-15(20)8-14)17(24-9-12)27-18(21)22/h3-5,7-11,18H,2,6H2,1H3,(H,23,25,26). The van der Waals surface area contributed by atoms with E-state index in [-0.39, 0.29) is 5.88 Å². The van der Waals surface area contributed by atoms with Crippen molar-refractivity contribution in [2.45, 2.75) is 20.0 Å². The predicted octanol–water partition coefficient (Wildman–Crippen LogP) is 4.82. The Kier molecular flexibility index (Phi) is 6.13. The Morgan fingerprint density at radius 1 is 1.07 bits per heavy atom. The van der Waals surface area contributed by atoms with Crippen molar-refractivity contribution in [2.24, 2.45) is 0 Å². The van der Waals surface area contributed by atoms with E-state index in [0.717, 1.165) is 17.7 Å². The van der Waals surface area contributed by atoms with Gasteiger partial charge in [-0.15, -0.1) is 0 Å². The SMILES string of the molecule is CCNc1ncc(Cc2cnc(OC(F)F)c(-c3cccc(Cl)c3)c2)cn1. The van der Waals surface area contributed by atoms with Gasteiger partial charge >= 0.3 is 6.61 Å². The first-order chi connectivity index (χ1) is 13.0. The van der Waals surface area contributed by atoms with E-state index in [2.05, 4.69) is 25.0 Å². The summed E-state index contributed by atoms with van der Waals surface area (Å²) in [6, 6.07) is 8.64. The number of benzene rings is 1. The second-order valence-electron chi connectivity index (χ2n) is 5.71. The lowest BCUT2D eigenvalue weighted by Crippen LogP contribution is -2.06. The van der Waals surface area contributed by atoms with Crippen LogP contribution >= 0.6 is 11.6 Å². The topological polar surface area (TPSA) is 59.9 Å². The quantitative estimate of drug-likeness (QED) is 0.627. The Labute approximate surface area is 160 Å². The van der Waals surface area contributed by atoms with Crippen molar-refractivity contribution < 1.29 is 13.5 Å². The van der Waals surface area contributed by atoms with Crippen molar-refractivity contribution in [3.63, 3.8) is 0 Å². The third-order valence-corrected chi connectivity index (χ3v) is 3.93. The number of rotatable bonds is 7. The van der Waals surface area contributed by atoms with E-state index in [1.807, 2.05) is 6.92 Å². The van der Waals surface area contributed by atoms with Crippen LogP contribution in [-0.2, 0) is 6.42 Å². The number of pyridine rings is 1. The van der Waals surface area contributed by atoms with Crippen molar-refractivity contribution in [3.8, 4) is 17.0 Å². The summed E-state index contributed by atoms with van der Waals surface area (Å²) in [5.41, 5.74) is 2.77. The molecule has 27 heavy (non-hydrogen) atoms. The maximum Gasteiger partial charge on any atom is 0.388 e. The summed E-state index contributed by atoms with van der Waals surface area (Å²) in [6.07, 6.45) is 5.44. The molecule has 0 radical (unpaired) electrons. The molecule has 0 spiro atoms. The van der Waals surface area contributed by atoms with Gasteiger partial charge in [-0.05, 0) is 41.8 Å². The molecule has 0 aliphatic rings. The number of nitrogens with zero attached hydrogens (tertiary/aromatic N) is 3. The van der Waals surface area contributed by atoms with Crippen LogP contribution in [0.3, 0.4) is 0 Å². The maximum atomic E-state index is 12.7. The van der Waals surface area contributed by atoms with Crippen LogP contribution in [-0.4, -0.2) is 28.1 Å². The molecule has 0 bridgehead atoms. The van der Waals surface area contributed by atoms with Gasteiger partial charge in [0.05, 0.1) is 0 Å². The number of ether oxygens (including phenoxy) is 1. The molecular formula is C19H17ClF2N4O. The minimum atomic E-state index is -2.96. The summed E-state index contributed by atoms with van der Waals surface area (Å²) in [5.74, 6) is 0.412. The van der Waals surface area contributed by atoms with Gasteiger partial charge in [0, 0.05) is 42.1 Å². The van der Waals surface area contributed by atoms with Gasteiger partial charge in [0.25, 0.3) is 0 Å². The molecule has 8 heteroatoms. The first-order valence-electron chi connectivity index (χ1n) is 8.29. The number of halogens is 3. The molecule has 2 heterocycles. The van der Waals surface area contributed by atoms with Crippen LogP contribution in [0.25, 0.3) is 11.1 Å². The van der Waals surface area contributed by atoms with Crippen LogP contribution in [0.4, 0.5) is 14.7 Å². The van der Waals surface area contributed by atoms with Crippen LogP contribution in [0, 0.1) is 0 Å². The third-order valence-electron chi connectivity index (χ3n) is 3.69. The highest BCUT2D eigenvalue weighted by Gasteiger charge is 2.14. The smallest absolute Gasteiger partial charge is 0.388 e. The molecule has 2 aromatic heterocycles. The lowest BCUT2D eigenvalue weighted by atomic mass is 10.0. The fourth-order valence-electron chi connectivity index (χ4n) is 2.56. The highest BCUT2D eigenvalue weighted by molar-refractivity contribution is 6.30. The molecule has 1 N–H and O–H groups in total. The van der Waals surface area contributed by atoms with Crippen molar-refractivity contribution in [1.29, 1.82) is 0 Å². The molecule has 3 aromatic rings. The molecular weight excluding hydrogens is 374 g/mol. The maximum absolute atomic E-state index is 12.7.